The lowest BCUT2D eigenvalue weighted by Crippen LogP contribution is -2.33. The standard InChI is InChI=1S/C18H19N3OS/c1-13(17(22)20(2)14-9-5-4-6-10-14)23-18-19-15-11-7-8-12-16(15)21(18)3/h4-13H,1-3H3. The van der Waals surface area contributed by atoms with Crippen LogP contribution in [0.2, 0.25) is 0 Å². The second kappa shape index (κ2) is 6.46. The molecule has 0 bridgehead atoms. The summed E-state index contributed by atoms with van der Waals surface area (Å²) in [6, 6.07) is 17.7. The smallest absolute Gasteiger partial charge is 0.240 e. The zero-order chi connectivity index (χ0) is 16.4. The average molecular weight is 325 g/mol. The Balaban J connectivity index is 1.79. The van der Waals surface area contributed by atoms with Gasteiger partial charge in [0, 0.05) is 19.8 Å². The van der Waals surface area contributed by atoms with Gasteiger partial charge < -0.3 is 9.47 Å². The number of para-hydroxylation sites is 3. The third-order valence-corrected chi connectivity index (χ3v) is 4.98. The molecule has 0 N–H and O–H groups in total. The van der Waals surface area contributed by atoms with Gasteiger partial charge in [-0.25, -0.2) is 4.98 Å². The van der Waals surface area contributed by atoms with Crippen molar-refractivity contribution in [3.8, 4) is 0 Å². The third-order valence-electron chi connectivity index (χ3n) is 3.85. The monoisotopic (exact) mass is 325 g/mol. The molecule has 1 aromatic heterocycles. The number of thioether (sulfide) groups is 1. The van der Waals surface area contributed by atoms with Crippen molar-refractivity contribution in [2.75, 3.05) is 11.9 Å². The number of carbonyl (C=O) groups excluding carboxylic acids is 1. The third kappa shape index (κ3) is 3.10. The number of hydrogen-bond acceptors (Lipinski definition) is 3. The second-order valence-electron chi connectivity index (χ2n) is 5.43. The lowest BCUT2D eigenvalue weighted by Gasteiger charge is -2.21. The van der Waals surface area contributed by atoms with E-state index in [4.69, 9.17) is 0 Å². The van der Waals surface area contributed by atoms with Crippen LogP contribution in [-0.4, -0.2) is 27.8 Å². The van der Waals surface area contributed by atoms with Gasteiger partial charge in [-0.05, 0) is 31.2 Å². The number of benzene rings is 2. The lowest BCUT2D eigenvalue weighted by atomic mass is 10.3. The molecule has 0 fully saturated rings. The zero-order valence-corrected chi connectivity index (χ0v) is 14.2. The first kappa shape index (κ1) is 15.6. The van der Waals surface area contributed by atoms with E-state index in [-0.39, 0.29) is 11.2 Å². The van der Waals surface area contributed by atoms with E-state index < -0.39 is 0 Å². The lowest BCUT2D eigenvalue weighted by molar-refractivity contribution is -0.117. The number of hydrogen-bond donors (Lipinski definition) is 0. The first-order chi connectivity index (χ1) is 11.1. The van der Waals surface area contributed by atoms with Crippen molar-refractivity contribution in [2.45, 2.75) is 17.3 Å². The van der Waals surface area contributed by atoms with Crippen molar-refractivity contribution in [1.82, 2.24) is 9.55 Å². The molecule has 1 unspecified atom stereocenters. The molecule has 0 saturated heterocycles. The zero-order valence-electron chi connectivity index (χ0n) is 13.4. The Kier molecular flexibility index (Phi) is 4.39. The first-order valence-corrected chi connectivity index (χ1v) is 8.36. The quantitative estimate of drug-likeness (QED) is 0.686. The van der Waals surface area contributed by atoms with Crippen LogP contribution >= 0.6 is 11.8 Å². The van der Waals surface area contributed by atoms with E-state index in [1.165, 1.54) is 11.8 Å². The number of anilines is 1. The summed E-state index contributed by atoms with van der Waals surface area (Å²) in [5, 5.41) is 0.643. The highest BCUT2D eigenvalue weighted by Gasteiger charge is 2.22. The molecular formula is C18H19N3OS. The minimum Gasteiger partial charge on any atom is -0.322 e. The highest BCUT2D eigenvalue weighted by molar-refractivity contribution is 8.00. The fourth-order valence-corrected chi connectivity index (χ4v) is 3.47. The fourth-order valence-electron chi connectivity index (χ4n) is 2.49. The summed E-state index contributed by atoms with van der Waals surface area (Å²) in [6.07, 6.45) is 0. The number of imidazole rings is 1. The van der Waals surface area contributed by atoms with Gasteiger partial charge in [0.1, 0.15) is 0 Å². The molecule has 118 valence electrons. The second-order valence-corrected chi connectivity index (χ2v) is 6.74. The maximum atomic E-state index is 12.6. The Bertz CT molecular complexity index is 829. The maximum Gasteiger partial charge on any atom is 0.240 e. The molecule has 5 heteroatoms. The van der Waals surface area contributed by atoms with Crippen molar-refractivity contribution in [1.29, 1.82) is 0 Å². The molecule has 1 heterocycles. The van der Waals surface area contributed by atoms with Crippen LogP contribution in [0, 0.1) is 0 Å². The van der Waals surface area contributed by atoms with Crippen molar-refractivity contribution in [2.24, 2.45) is 7.05 Å². The fraction of sp³-hybridized carbons (Fsp3) is 0.222. The molecule has 2 aromatic carbocycles. The van der Waals surface area contributed by atoms with Gasteiger partial charge in [0.15, 0.2) is 5.16 Å². The minimum atomic E-state index is -0.212. The van der Waals surface area contributed by atoms with Crippen LogP contribution in [0.4, 0.5) is 5.69 Å². The highest BCUT2D eigenvalue weighted by atomic mass is 32.2. The number of nitrogens with zero attached hydrogens (tertiary/aromatic N) is 3. The van der Waals surface area contributed by atoms with Crippen LogP contribution < -0.4 is 4.90 Å². The molecule has 0 radical (unpaired) electrons. The summed E-state index contributed by atoms with van der Waals surface area (Å²) in [7, 11) is 3.79. The summed E-state index contributed by atoms with van der Waals surface area (Å²) < 4.78 is 2.03. The number of aryl methyl sites for hydroxylation is 1. The van der Waals surface area contributed by atoms with Gasteiger partial charge in [-0.3, -0.25) is 4.79 Å². The van der Waals surface area contributed by atoms with Crippen LogP contribution in [0.5, 0.6) is 0 Å². The van der Waals surface area contributed by atoms with Crippen LogP contribution in [-0.2, 0) is 11.8 Å². The first-order valence-electron chi connectivity index (χ1n) is 7.48. The minimum absolute atomic E-state index is 0.0632. The van der Waals surface area contributed by atoms with E-state index >= 15 is 0 Å². The van der Waals surface area contributed by atoms with Crippen molar-refractivity contribution >= 4 is 34.4 Å². The van der Waals surface area contributed by atoms with Crippen molar-refractivity contribution < 1.29 is 4.79 Å². The molecule has 0 aliphatic carbocycles. The van der Waals surface area contributed by atoms with Crippen molar-refractivity contribution in [3.05, 3.63) is 54.6 Å². The summed E-state index contributed by atoms with van der Waals surface area (Å²) in [6.45, 7) is 1.92. The average Bonchev–Trinajstić information content (AvgIpc) is 2.90. The summed E-state index contributed by atoms with van der Waals surface area (Å²) in [5.74, 6) is 0.0632. The Hall–Kier alpha value is -2.27. The van der Waals surface area contributed by atoms with Gasteiger partial charge in [-0.1, -0.05) is 42.1 Å². The van der Waals surface area contributed by atoms with E-state index in [2.05, 4.69) is 4.98 Å². The normalized spacial score (nSPS) is 12.3. The van der Waals surface area contributed by atoms with Gasteiger partial charge in [-0.2, -0.15) is 0 Å². The predicted octanol–water partition coefficient (Wildman–Crippen LogP) is 3.72. The number of aromatic nitrogens is 2. The van der Waals surface area contributed by atoms with E-state index in [0.29, 0.717) is 0 Å². The summed E-state index contributed by atoms with van der Waals surface area (Å²) in [4.78, 5) is 19.0. The van der Waals surface area contributed by atoms with Crippen LogP contribution in [0.3, 0.4) is 0 Å². The van der Waals surface area contributed by atoms with E-state index in [1.807, 2.05) is 80.2 Å². The number of fused-ring (bicyclic) bond motifs is 1. The van der Waals surface area contributed by atoms with Gasteiger partial charge in [-0.15, -0.1) is 0 Å². The number of carbonyl (C=O) groups is 1. The van der Waals surface area contributed by atoms with E-state index in [9.17, 15) is 4.79 Å². The van der Waals surface area contributed by atoms with E-state index in [1.54, 1.807) is 4.90 Å². The molecule has 0 aliphatic rings. The van der Waals surface area contributed by atoms with E-state index in [0.717, 1.165) is 21.9 Å². The molecule has 3 aromatic rings. The molecule has 0 aliphatic heterocycles. The Labute approximate surface area is 140 Å². The molecule has 3 rings (SSSR count). The Morgan fingerprint density at radius 1 is 1.13 bits per heavy atom. The molecular weight excluding hydrogens is 306 g/mol. The maximum absolute atomic E-state index is 12.6. The Morgan fingerprint density at radius 2 is 1.78 bits per heavy atom. The van der Waals surface area contributed by atoms with Gasteiger partial charge in [0.05, 0.1) is 16.3 Å². The molecule has 0 saturated carbocycles. The van der Waals surface area contributed by atoms with Crippen LogP contribution in [0.15, 0.2) is 59.8 Å². The molecule has 4 nitrogen and oxygen atoms in total. The topological polar surface area (TPSA) is 38.1 Å². The molecule has 23 heavy (non-hydrogen) atoms. The molecule has 0 spiro atoms. The van der Waals surface area contributed by atoms with Crippen molar-refractivity contribution in [3.63, 3.8) is 0 Å². The van der Waals surface area contributed by atoms with Gasteiger partial charge in [0.25, 0.3) is 0 Å². The predicted molar refractivity (Wildman–Crippen MR) is 95.9 cm³/mol. The molecule has 1 amide bonds. The molecule has 1 atom stereocenters. The number of rotatable bonds is 4. The van der Waals surface area contributed by atoms with Crippen LogP contribution in [0.1, 0.15) is 6.92 Å². The van der Waals surface area contributed by atoms with Gasteiger partial charge in [0.2, 0.25) is 5.91 Å². The van der Waals surface area contributed by atoms with Gasteiger partial charge >= 0.3 is 0 Å². The highest BCUT2D eigenvalue weighted by Crippen LogP contribution is 2.27. The van der Waals surface area contributed by atoms with Crippen LogP contribution in [0.25, 0.3) is 11.0 Å². The summed E-state index contributed by atoms with van der Waals surface area (Å²) >= 11 is 1.49. The SMILES string of the molecule is CC(Sc1nc2ccccc2n1C)C(=O)N(C)c1ccccc1. The largest absolute Gasteiger partial charge is 0.322 e. The number of amides is 1. The Morgan fingerprint density at radius 3 is 2.48 bits per heavy atom. The summed E-state index contributed by atoms with van der Waals surface area (Å²) in [5.41, 5.74) is 2.93.